The lowest BCUT2D eigenvalue weighted by atomic mass is 9.84. The van der Waals surface area contributed by atoms with Crippen LogP contribution in [0.4, 0.5) is 8.78 Å². The summed E-state index contributed by atoms with van der Waals surface area (Å²) in [6, 6.07) is 4.05. The van der Waals surface area contributed by atoms with E-state index in [-0.39, 0.29) is 23.4 Å². The molecule has 0 atom stereocenters. The highest BCUT2D eigenvalue weighted by molar-refractivity contribution is 7.90. The fourth-order valence-electron chi connectivity index (χ4n) is 3.49. The number of nitrogens with zero attached hydrogens (tertiary/aromatic N) is 1. The second kappa shape index (κ2) is 8.16. The molecule has 1 saturated carbocycles. The smallest absolute Gasteiger partial charge is 0.214 e. The number of nitrogens with one attached hydrogen (secondary N) is 2. The maximum Gasteiger partial charge on any atom is 0.214 e. The van der Waals surface area contributed by atoms with E-state index in [0.29, 0.717) is 36.9 Å². The number of hydrogen-bond acceptors (Lipinski definition) is 4. The summed E-state index contributed by atoms with van der Waals surface area (Å²) in [5, 5.41) is 6.31. The lowest BCUT2D eigenvalue weighted by Crippen LogP contribution is -2.40. The van der Waals surface area contributed by atoms with E-state index in [1.165, 1.54) is 19.2 Å². The van der Waals surface area contributed by atoms with Crippen LogP contribution < -0.4 is 9.46 Å². The van der Waals surface area contributed by atoms with Gasteiger partial charge in [-0.15, -0.1) is 0 Å². The van der Waals surface area contributed by atoms with E-state index in [2.05, 4.69) is 14.9 Å². The molecular weight excluding hydrogens is 388 g/mol. The van der Waals surface area contributed by atoms with Gasteiger partial charge in [-0.25, -0.2) is 21.9 Å². The molecule has 6 nitrogen and oxygen atoms in total. The third kappa shape index (κ3) is 4.20. The molecule has 1 aliphatic carbocycles. The summed E-state index contributed by atoms with van der Waals surface area (Å²) in [5.74, 6) is -1.07. The third-order valence-electron chi connectivity index (χ3n) is 5.24. The molecular formula is C19H25F2N3O3S. The fourth-order valence-corrected chi connectivity index (χ4v) is 4.46. The quantitative estimate of drug-likeness (QED) is 0.756. The molecule has 3 rings (SSSR count). The number of rotatable bonds is 6. The molecule has 0 amide bonds. The van der Waals surface area contributed by atoms with Crippen LogP contribution in [-0.4, -0.2) is 37.0 Å². The first-order valence-electron chi connectivity index (χ1n) is 9.31. The Bertz CT molecular complexity index is 936. The Morgan fingerprint density at radius 3 is 2.46 bits per heavy atom. The van der Waals surface area contributed by atoms with Crippen LogP contribution in [0.5, 0.6) is 5.75 Å². The van der Waals surface area contributed by atoms with E-state index in [0.717, 1.165) is 0 Å². The van der Waals surface area contributed by atoms with Crippen LogP contribution >= 0.6 is 0 Å². The Morgan fingerprint density at radius 2 is 1.89 bits per heavy atom. The van der Waals surface area contributed by atoms with Crippen molar-refractivity contribution in [2.75, 3.05) is 7.11 Å². The highest BCUT2D eigenvalue weighted by Crippen LogP contribution is 2.36. The predicted molar refractivity (Wildman–Crippen MR) is 103 cm³/mol. The molecule has 1 aliphatic rings. The zero-order valence-electron chi connectivity index (χ0n) is 16.1. The number of hydrogen-bond donors (Lipinski definition) is 2. The topological polar surface area (TPSA) is 84.1 Å². The van der Waals surface area contributed by atoms with E-state index < -0.39 is 26.9 Å². The Balaban J connectivity index is 1.71. The minimum Gasteiger partial charge on any atom is -0.494 e. The van der Waals surface area contributed by atoms with Crippen molar-refractivity contribution < 1.29 is 21.9 Å². The molecule has 2 aromatic rings. The minimum absolute atomic E-state index is 0.0687. The third-order valence-corrected chi connectivity index (χ3v) is 7.15. The number of aromatic nitrogens is 2. The van der Waals surface area contributed by atoms with Crippen LogP contribution in [0.15, 0.2) is 18.2 Å². The SMILES string of the molecule is COc1ccc(-c2n[nH]c([C@H]3CC[C@H](NS(=O)(=O)C(C)C)CC3)c2F)cc1F. The van der Waals surface area contributed by atoms with Gasteiger partial charge < -0.3 is 4.74 Å². The lowest BCUT2D eigenvalue weighted by Gasteiger charge is -2.28. The van der Waals surface area contributed by atoms with Crippen molar-refractivity contribution in [2.45, 2.75) is 56.7 Å². The van der Waals surface area contributed by atoms with Crippen LogP contribution in [0.25, 0.3) is 11.3 Å². The summed E-state index contributed by atoms with van der Waals surface area (Å²) in [5.41, 5.74) is 0.784. The molecule has 1 aromatic heterocycles. The van der Waals surface area contributed by atoms with Crippen molar-refractivity contribution in [1.82, 2.24) is 14.9 Å². The maximum absolute atomic E-state index is 14.9. The van der Waals surface area contributed by atoms with Gasteiger partial charge >= 0.3 is 0 Å². The second-order valence-electron chi connectivity index (χ2n) is 7.41. The Labute approximate surface area is 163 Å². The zero-order valence-corrected chi connectivity index (χ0v) is 16.9. The molecule has 1 heterocycles. The summed E-state index contributed by atoms with van der Waals surface area (Å²) in [7, 11) is -1.96. The zero-order chi connectivity index (χ0) is 20.5. The molecule has 9 heteroatoms. The monoisotopic (exact) mass is 413 g/mol. The molecule has 0 radical (unpaired) electrons. The van der Waals surface area contributed by atoms with Gasteiger partial charge in [0, 0.05) is 17.5 Å². The van der Waals surface area contributed by atoms with Crippen LogP contribution in [0.2, 0.25) is 0 Å². The minimum atomic E-state index is -3.32. The van der Waals surface area contributed by atoms with Crippen LogP contribution in [-0.2, 0) is 10.0 Å². The van der Waals surface area contributed by atoms with E-state index in [4.69, 9.17) is 4.74 Å². The predicted octanol–water partition coefficient (Wildman–Crippen LogP) is 3.72. The van der Waals surface area contributed by atoms with Crippen molar-refractivity contribution in [3.8, 4) is 17.0 Å². The Kier molecular flexibility index (Phi) is 6.04. The van der Waals surface area contributed by atoms with E-state index in [9.17, 15) is 17.2 Å². The molecule has 0 saturated heterocycles. The first-order valence-corrected chi connectivity index (χ1v) is 10.9. The molecule has 0 bridgehead atoms. The van der Waals surface area contributed by atoms with Gasteiger partial charge in [-0.05, 0) is 57.7 Å². The molecule has 0 spiro atoms. The standard InChI is InChI=1S/C19H25F2N3O3S/c1-11(2)28(25,26)24-14-7-4-12(5-8-14)18-17(21)19(23-22-18)13-6-9-16(27-3)15(20)10-13/h6,9-12,14,24H,4-5,7-8H2,1-3H3,(H,22,23)/t12-,14-. The fraction of sp³-hybridized carbons (Fsp3) is 0.526. The van der Waals surface area contributed by atoms with Gasteiger partial charge in [-0.1, -0.05) is 0 Å². The summed E-state index contributed by atoms with van der Waals surface area (Å²) in [6.45, 7) is 3.27. The van der Waals surface area contributed by atoms with Crippen LogP contribution in [0.3, 0.4) is 0 Å². The number of aromatic amines is 1. The van der Waals surface area contributed by atoms with Gasteiger partial charge in [0.05, 0.1) is 18.1 Å². The first-order chi connectivity index (χ1) is 13.2. The number of sulfonamides is 1. The van der Waals surface area contributed by atoms with Crippen molar-refractivity contribution >= 4 is 10.0 Å². The second-order valence-corrected chi connectivity index (χ2v) is 9.68. The first kappa shape index (κ1) is 20.7. The van der Waals surface area contributed by atoms with E-state index in [1.54, 1.807) is 19.9 Å². The number of benzene rings is 1. The van der Waals surface area contributed by atoms with Crippen LogP contribution in [0, 0.1) is 11.6 Å². The summed E-state index contributed by atoms with van der Waals surface area (Å²) >= 11 is 0. The van der Waals surface area contributed by atoms with E-state index in [1.807, 2.05) is 0 Å². The van der Waals surface area contributed by atoms with Gasteiger partial charge in [0.2, 0.25) is 10.0 Å². The number of ether oxygens (including phenoxy) is 1. The number of halogens is 2. The molecule has 1 aromatic carbocycles. The van der Waals surface area contributed by atoms with E-state index >= 15 is 0 Å². The Morgan fingerprint density at radius 1 is 1.21 bits per heavy atom. The van der Waals surface area contributed by atoms with Crippen molar-refractivity contribution in [3.05, 3.63) is 35.5 Å². The molecule has 0 aliphatic heterocycles. The highest BCUT2D eigenvalue weighted by atomic mass is 32.2. The largest absolute Gasteiger partial charge is 0.494 e. The van der Waals surface area contributed by atoms with Gasteiger partial charge in [0.25, 0.3) is 0 Å². The van der Waals surface area contributed by atoms with Gasteiger partial charge in [0.1, 0.15) is 5.69 Å². The van der Waals surface area contributed by atoms with Gasteiger partial charge in [-0.3, -0.25) is 5.10 Å². The molecule has 2 N–H and O–H groups in total. The van der Waals surface area contributed by atoms with Crippen molar-refractivity contribution in [1.29, 1.82) is 0 Å². The van der Waals surface area contributed by atoms with Crippen molar-refractivity contribution in [3.63, 3.8) is 0 Å². The highest BCUT2D eigenvalue weighted by Gasteiger charge is 2.30. The average Bonchev–Trinajstić information content (AvgIpc) is 3.03. The maximum atomic E-state index is 14.9. The molecule has 154 valence electrons. The normalized spacial score (nSPS) is 20.5. The summed E-state index contributed by atoms with van der Waals surface area (Å²) in [4.78, 5) is 0. The van der Waals surface area contributed by atoms with Gasteiger partial charge in [-0.2, -0.15) is 5.10 Å². The number of methoxy groups -OCH3 is 1. The van der Waals surface area contributed by atoms with Crippen molar-refractivity contribution in [2.24, 2.45) is 0 Å². The summed E-state index contributed by atoms with van der Waals surface area (Å²) < 4.78 is 60.5. The number of H-pyrrole nitrogens is 1. The Hall–Kier alpha value is -2.00. The van der Waals surface area contributed by atoms with Gasteiger partial charge in [0.15, 0.2) is 17.4 Å². The molecule has 1 fully saturated rings. The van der Waals surface area contributed by atoms with Crippen LogP contribution in [0.1, 0.15) is 51.1 Å². The average molecular weight is 413 g/mol. The summed E-state index contributed by atoms with van der Waals surface area (Å²) in [6.07, 6.45) is 2.53. The molecule has 0 unspecified atom stereocenters. The lowest BCUT2D eigenvalue weighted by molar-refractivity contribution is 0.362. The molecule has 28 heavy (non-hydrogen) atoms.